The largest absolute Gasteiger partial charge is 0.462 e. The summed E-state index contributed by atoms with van der Waals surface area (Å²) in [6.07, 6.45) is 26.8. The fourth-order valence-electron chi connectivity index (χ4n) is 7.01. The Balaban J connectivity index is 2.44. The summed E-state index contributed by atoms with van der Waals surface area (Å²) in [7, 11) is -4.60. The molecule has 0 radical (unpaired) electrons. The van der Waals surface area contributed by atoms with Gasteiger partial charge in [0.1, 0.15) is 36.8 Å². The van der Waals surface area contributed by atoms with Crippen LogP contribution in [-0.2, 0) is 38.7 Å². The van der Waals surface area contributed by atoms with Gasteiger partial charge in [0, 0.05) is 12.8 Å². The Bertz CT molecular complexity index is 1120. The third-order valence-corrected chi connectivity index (χ3v) is 11.3. The van der Waals surface area contributed by atoms with Crippen LogP contribution in [0.1, 0.15) is 200 Å². The van der Waals surface area contributed by atoms with E-state index in [9.17, 15) is 37.9 Å². The number of hydrogen-bond donors (Lipinski definition) is 4. The second-order valence-electron chi connectivity index (χ2n) is 16.1. The minimum atomic E-state index is -4.60. The lowest BCUT2D eigenvalue weighted by Crippen LogP contribution is -2.60. The van der Waals surface area contributed by atoms with Crippen LogP contribution in [0.4, 0.5) is 0 Å². The number of allylic oxidation sites excluding steroid dienone is 2. The molecular formula is C44H82O12S. The first-order valence-corrected chi connectivity index (χ1v) is 24.4. The van der Waals surface area contributed by atoms with E-state index in [0.29, 0.717) is 12.8 Å². The number of carbonyl (C=O) groups excluding carboxylic acids is 2. The molecule has 6 atom stereocenters. The first kappa shape index (κ1) is 53.4. The Hall–Kier alpha value is -1.61. The van der Waals surface area contributed by atoms with Crippen LogP contribution in [0.3, 0.4) is 0 Å². The zero-order valence-electron chi connectivity index (χ0n) is 35.7. The summed E-state index contributed by atoms with van der Waals surface area (Å²) < 4.78 is 54.0. The lowest BCUT2D eigenvalue weighted by Gasteiger charge is -2.40. The summed E-state index contributed by atoms with van der Waals surface area (Å²) in [4.78, 5) is 25.4. The van der Waals surface area contributed by atoms with Gasteiger partial charge in [-0.1, -0.05) is 167 Å². The first-order valence-electron chi connectivity index (χ1n) is 22.7. The van der Waals surface area contributed by atoms with Gasteiger partial charge in [-0.25, -0.2) is 0 Å². The van der Waals surface area contributed by atoms with Gasteiger partial charge in [0.15, 0.2) is 12.4 Å². The molecule has 0 saturated carbocycles. The molecule has 13 heteroatoms. The van der Waals surface area contributed by atoms with Gasteiger partial charge in [0.05, 0.1) is 6.61 Å². The molecule has 1 saturated heterocycles. The Morgan fingerprint density at radius 2 is 1.02 bits per heavy atom. The predicted octanol–water partition coefficient (Wildman–Crippen LogP) is 9.06. The van der Waals surface area contributed by atoms with Crippen LogP contribution in [0.15, 0.2) is 12.2 Å². The van der Waals surface area contributed by atoms with E-state index in [0.717, 1.165) is 44.9 Å². The maximum Gasteiger partial charge on any atom is 0.306 e. The molecular weight excluding hydrogens is 753 g/mol. The van der Waals surface area contributed by atoms with E-state index >= 15 is 0 Å². The van der Waals surface area contributed by atoms with Crippen molar-refractivity contribution in [3.8, 4) is 0 Å². The number of unbranched alkanes of at least 4 members (excludes halogenated alkanes) is 24. The van der Waals surface area contributed by atoms with Crippen LogP contribution >= 0.6 is 0 Å². The lowest BCUT2D eigenvalue weighted by molar-refractivity contribution is -0.297. The molecule has 0 aromatic heterocycles. The zero-order valence-corrected chi connectivity index (χ0v) is 36.5. The number of aliphatic hydroxyl groups excluding tert-OH is 3. The van der Waals surface area contributed by atoms with Gasteiger partial charge in [-0.2, -0.15) is 8.42 Å². The van der Waals surface area contributed by atoms with Crippen molar-refractivity contribution in [2.45, 2.75) is 237 Å². The molecule has 1 aliphatic rings. The van der Waals surface area contributed by atoms with E-state index in [2.05, 4.69) is 26.0 Å². The maximum absolute atomic E-state index is 12.8. The van der Waals surface area contributed by atoms with Crippen molar-refractivity contribution in [2.75, 3.05) is 19.0 Å². The molecule has 1 fully saturated rings. The standard InChI is InChI=1S/C44H82O12S/c1-3-5-7-9-11-13-15-17-19-21-23-25-27-29-31-33-40(46)55-37(35-54-44-43(49)42(48)41(47)38(56-44)36-57(50,51)52)34-53-39(45)32-30-28-26-24-22-20-18-16-14-12-10-8-6-4-2/h9,11,37-38,41-44,47-49H,3-8,10,12-36H2,1-2H3,(H,50,51,52)/b11-9+/t37-,38-,41-,42?,43?,44+/m1/s1. The van der Waals surface area contributed by atoms with E-state index in [4.69, 9.17) is 18.9 Å². The van der Waals surface area contributed by atoms with Crippen LogP contribution < -0.4 is 0 Å². The third kappa shape index (κ3) is 30.1. The highest BCUT2D eigenvalue weighted by molar-refractivity contribution is 7.85. The number of hydrogen-bond acceptors (Lipinski definition) is 11. The van der Waals surface area contributed by atoms with Crippen LogP contribution in [0.2, 0.25) is 0 Å². The number of aliphatic hydroxyl groups is 3. The second kappa shape index (κ2) is 35.2. The van der Waals surface area contributed by atoms with Gasteiger partial charge in [0.2, 0.25) is 0 Å². The predicted molar refractivity (Wildman–Crippen MR) is 224 cm³/mol. The highest BCUT2D eigenvalue weighted by atomic mass is 32.2. The van der Waals surface area contributed by atoms with Gasteiger partial charge in [0.25, 0.3) is 10.1 Å². The molecule has 57 heavy (non-hydrogen) atoms. The van der Waals surface area contributed by atoms with Crippen molar-refractivity contribution >= 4 is 22.1 Å². The average Bonchev–Trinajstić information content (AvgIpc) is 3.17. The van der Waals surface area contributed by atoms with E-state index < -0.39 is 71.2 Å². The van der Waals surface area contributed by atoms with Crippen LogP contribution in [-0.4, -0.2) is 96.0 Å². The molecule has 12 nitrogen and oxygen atoms in total. The van der Waals surface area contributed by atoms with Gasteiger partial charge >= 0.3 is 11.9 Å². The van der Waals surface area contributed by atoms with E-state index in [1.165, 1.54) is 116 Å². The molecule has 1 heterocycles. The minimum Gasteiger partial charge on any atom is -0.462 e. The number of esters is 2. The number of ether oxygens (including phenoxy) is 4. The van der Waals surface area contributed by atoms with E-state index in [1.807, 2.05) is 0 Å². The molecule has 0 aromatic carbocycles. The Morgan fingerprint density at radius 1 is 0.579 bits per heavy atom. The Kier molecular flexibility index (Phi) is 33.0. The molecule has 4 N–H and O–H groups in total. The van der Waals surface area contributed by atoms with Gasteiger partial charge in [-0.05, 0) is 32.1 Å². The fraction of sp³-hybridized carbons (Fsp3) is 0.909. The monoisotopic (exact) mass is 835 g/mol. The van der Waals surface area contributed by atoms with Crippen molar-refractivity contribution in [3.05, 3.63) is 12.2 Å². The molecule has 0 aliphatic carbocycles. The molecule has 0 spiro atoms. The maximum atomic E-state index is 12.8. The van der Waals surface area contributed by atoms with Crippen LogP contribution in [0.25, 0.3) is 0 Å². The molecule has 0 bridgehead atoms. The van der Waals surface area contributed by atoms with Gasteiger partial charge in [-0.3, -0.25) is 14.1 Å². The summed E-state index contributed by atoms with van der Waals surface area (Å²) in [6.45, 7) is 3.74. The summed E-state index contributed by atoms with van der Waals surface area (Å²) >= 11 is 0. The van der Waals surface area contributed by atoms with E-state index in [1.54, 1.807) is 0 Å². The van der Waals surface area contributed by atoms with Crippen molar-refractivity contribution in [2.24, 2.45) is 0 Å². The van der Waals surface area contributed by atoms with Gasteiger partial charge in [-0.15, -0.1) is 0 Å². The minimum absolute atomic E-state index is 0.166. The van der Waals surface area contributed by atoms with Crippen molar-refractivity contribution in [1.82, 2.24) is 0 Å². The van der Waals surface area contributed by atoms with E-state index in [-0.39, 0.29) is 19.4 Å². The average molecular weight is 835 g/mol. The van der Waals surface area contributed by atoms with Gasteiger partial charge < -0.3 is 34.3 Å². The van der Waals surface area contributed by atoms with Crippen LogP contribution in [0.5, 0.6) is 0 Å². The Labute approximate surface area is 346 Å². The third-order valence-electron chi connectivity index (χ3n) is 10.6. The SMILES string of the molecule is CCCC/C=C/CCCCCCCCCCCC(=O)O[C@H](COC(=O)CCCCCCCCCCCCCCCC)CO[C@H]1O[C@H](CS(=O)(=O)O)[C@@H](O)C(O)C1O. The molecule has 1 aliphatic heterocycles. The van der Waals surface area contributed by atoms with Crippen molar-refractivity contribution in [3.63, 3.8) is 0 Å². The summed E-state index contributed by atoms with van der Waals surface area (Å²) in [5, 5.41) is 30.9. The molecule has 0 aromatic rings. The highest BCUT2D eigenvalue weighted by Crippen LogP contribution is 2.24. The molecule has 2 unspecified atom stereocenters. The number of carbonyl (C=O) groups is 2. The lowest BCUT2D eigenvalue weighted by atomic mass is 10.00. The number of rotatable bonds is 38. The van der Waals surface area contributed by atoms with Crippen molar-refractivity contribution < 1.29 is 56.8 Å². The highest BCUT2D eigenvalue weighted by Gasteiger charge is 2.46. The van der Waals surface area contributed by atoms with Crippen molar-refractivity contribution in [1.29, 1.82) is 0 Å². The molecule has 1 rings (SSSR count). The molecule has 0 amide bonds. The normalized spacial score (nSPS) is 20.6. The van der Waals surface area contributed by atoms with Crippen LogP contribution in [0, 0.1) is 0 Å². The first-order chi connectivity index (χ1) is 27.5. The Morgan fingerprint density at radius 3 is 1.51 bits per heavy atom. The second-order valence-corrected chi connectivity index (χ2v) is 17.6. The molecule has 336 valence electrons. The topological polar surface area (TPSA) is 186 Å². The smallest absolute Gasteiger partial charge is 0.306 e. The zero-order chi connectivity index (χ0) is 42.0. The fourth-order valence-corrected chi connectivity index (χ4v) is 7.70. The quantitative estimate of drug-likeness (QED) is 0.0200. The summed E-state index contributed by atoms with van der Waals surface area (Å²) in [5.41, 5.74) is 0. The summed E-state index contributed by atoms with van der Waals surface area (Å²) in [5.74, 6) is -1.97. The summed E-state index contributed by atoms with van der Waals surface area (Å²) in [6, 6.07) is 0.